The van der Waals surface area contributed by atoms with Crippen LogP contribution in [0.3, 0.4) is 0 Å². The molecule has 4 aromatic rings. The minimum Gasteiger partial charge on any atom is -0.508 e. The SMILES string of the molecule is CNC(=O)c1ccc(-n2cnc3c(NCC4CCOCC4)cc(Oc4ccc(O)cc4F)cc32)cc1C. The monoisotopic (exact) mass is 504 g/mol. The van der Waals surface area contributed by atoms with Crippen LogP contribution < -0.4 is 15.4 Å². The van der Waals surface area contributed by atoms with Crippen LogP contribution in [-0.4, -0.2) is 47.4 Å². The molecule has 5 rings (SSSR count). The number of fused-ring (bicyclic) bond motifs is 1. The Balaban J connectivity index is 1.55. The summed E-state index contributed by atoms with van der Waals surface area (Å²) in [5.74, 6) is -0.0782. The number of halogens is 1. The van der Waals surface area contributed by atoms with Gasteiger partial charge in [-0.3, -0.25) is 9.36 Å². The number of carbonyl (C=O) groups is 1. The van der Waals surface area contributed by atoms with E-state index in [-0.39, 0.29) is 17.4 Å². The minimum absolute atomic E-state index is 0.00405. The average molecular weight is 505 g/mol. The number of anilines is 1. The molecule has 0 aliphatic carbocycles. The molecule has 8 nitrogen and oxygen atoms in total. The molecule has 1 aliphatic rings. The first-order valence-electron chi connectivity index (χ1n) is 12.2. The Hall–Kier alpha value is -4.11. The van der Waals surface area contributed by atoms with Gasteiger partial charge >= 0.3 is 0 Å². The molecule has 192 valence electrons. The standard InChI is InChI=1S/C28H29FN4O4/c1-17-11-19(3-5-22(17)28(35)30-2)33-16-32-27-24(31-15-18-7-9-36-10-8-18)13-21(14-25(27)33)37-26-6-4-20(34)12-23(26)29/h3-6,11-14,16,18,31,34H,7-10,15H2,1-2H3,(H,30,35). The first-order chi connectivity index (χ1) is 17.9. The summed E-state index contributed by atoms with van der Waals surface area (Å²) < 4.78 is 27.7. The van der Waals surface area contributed by atoms with Crippen molar-refractivity contribution in [1.29, 1.82) is 0 Å². The molecule has 1 aromatic heterocycles. The van der Waals surface area contributed by atoms with Gasteiger partial charge in [-0.1, -0.05) is 0 Å². The van der Waals surface area contributed by atoms with Gasteiger partial charge in [-0.25, -0.2) is 9.37 Å². The van der Waals surface area contributed by atoms with Crippen LogP contribution in [0.2, 0.25) is 0 Å². The third-order valence-corrected chi connectivity index (χ3v) is 6.65. The highest BCUT2D eigenvalue weighted by molar-refractivity contribution is 5.96. The second kappa shape index (κ2) is 10.5. The third kappa shape index (κ3) is 5.22. The second-order valence-corrected chi connectivity index (χ2v) is 9.18. The zero-order chi connectivity index (χ0) is 25.9. The molecule has 3 aromatic carbocycles. The fourth-order valence-electron chi connectivity index (χ4n) is 4.58. The third-order valence-electron chi connectivity index (χ3n) is 6.65. The van der Waals surface area contributed by atoms with Gasteiger partial charge < -0.3 is 25.2 Å². The predicted octanol–water partition coefficient (Wildman–Crippen LogP) is 5.17. The second-order valence-electron chi connectivity index (χ2n) is 9.18. The van der Waals surface area contributed by atoms with Gasteiger partial charge in [0.05, 0.1) is 11.2 Å². The van der Waals surface area contributed by atoms with Crippen molar-refractivity contribution < 1.29 is 23.8 Å². The minimum atomic E-state index is -0.661. The summed E-state index contributed by atoms with van der Waals surface area (Å²) >= 11 is 0. The molecule has 0 radical (unpaired) electrons. The highest BCUT2D eigenvalue weighted by atomic mass is 19.1. The van der Waals surface area contributed by atoms with E-state index in [0.29, 0.717) is 17.2 Å². The van der Waals surface area contributed by atoms with Crippen molar-refractivity contribution in [2.45, 2.75) is 19.8 Å². The molecule has 0 spiro atoms. The summed E-state index contributed by atoms with van der Waals surface area (Å²) in [5, 5.41) is 15.7. The van der Waals surface area contributed by atoms with Gasteiger partial charge in [-0.15, -0.1) is 0 Å². The van der Waals surface area contributed by atoms with Crippen molar-refractivity contribution in [3.8, 4) is 22.9 Å². The normalized spacial score (nSPS) is 14.0. The quantitative estimate of drug-likeness (QED) is 0.321. The molecule has 1 aliphatic heterocycles. The molecule has 1 amide bonds. The molecule has 1 saturated heterocycles. The lowest BCUT2D eigenvalue weighted by atomic mass is 10.0. The molecule has 9 heteroatoms. The smallest absolute Gasteiger partial charge is 0.251 e. The Labute approximate surface area is 214 Å². The summed E-state index contributed by atoms with van der Waals surface area (Å²) in [4.78, 5) is 16.8. The molecular formula is C28H29FN4O4. The van der Waals surface area contributed by atoms with Crippen LogP contribution in [0.5, 0.6) is 17.2 Å². The van der Waals surface area contributed by atoms with Crippen molar-refractivity contribution in [2.75, 3.05) is 32.1 Å². The van der Waals surface area contributed by atoms with E-state index in [2.05, 4.69) is 15.6 Å². The molecule has 37 heavy (non-hydrogen) atoms. The van der Waals surface area contributed by atoms with E-state index < -0.39 is 5.82 Å². The van der Waals surface area contributed by atoms with Gasteiger partial charge in [0, 0.05) is 56.3 Å². The van der Waals surface area contributed by atoms with Gasteiger partial charge in [0.1, 0.15) is 23.3 Å². The van der Waals surface area contributed by atoms with Crippen LogP contribution >= 0.6 is 0 Å². The van der Waals surface area contributed by atoms with Crippen LogP contribution in [0, 0.1) is 18.7 Å². The number of hydrogen-bond donors (Lipinski definition) is 3. The Morgan fingerprint density at radius 2 is 2.00 bits per heavy atom. The maximum absolute atomic E-state index is 14.4. The summed E-state index contributed by atoms with van der Waals surface area (Å²) in [6.07, 6.45) is 3.69. The highest BCUT2D eigenvalue weighted by Gasteiger charge is 2.18. The Bertz CT molecular complexity index is 1450. The lowest BCUT2D eigenvalue weighted by Crippen LogP contribution is -2.22. The van der Waals surface area contributed by atoms with Crippen LogP contribution in [-0.2, 0) is 4.74 Å². The van der Waals surface area contributed by atoms with Crippen molar-refractivity contribution in [3.05, 3.63) is 71.8 Å². The molecule has 1 fully saturated rings. The van der Waals surface area contributed by atoms with Crippen LogP contribution in [0.4, 0.5) is 10.1 Å². The Kier molecular flexibility index (Phi) is 6.96. The number of nitrogens with zero attached hydrogens (tertiary/aromatic N) is 2. The molecule has 3 N–H and O–H groups in total. The van der Waals surface area contributed by atoms with E-state index >= 15 is 0 Å². The van der Waals surface area contributed by atoms with Gasteiger partial charge in [0.25, 0.3) is 5.91 Å². The fraction of sp³-hybridized carbons (Fsp3) is 0.286. The first kappa shape index (κ1) is 24.6. The van der Waals surface area contributed by atoms with E-state index in [1.54, 1.807) is 25.5 Å². The van der Waals surface area contributed by atoms with E-state index in [0.717, 1.165) is 66.6 Å². The van der Waals surface area contributed by atoms with E-state index in [9.17, 15) is 14.3 Å². The zero-order valence-corrected chi connectivity index (χ0v) is 20.8. The number of carbonyl (C=O) groups excluding carboxylic acids is 1. The average Bonchev–Trinajstić information content (AvgIpc) is 3.33. The highest BCUT2D eigenvalue weighted by Crippen LogP contribution is 2.35. The molecule has 0 bridgehead atoms. The number of aryl methyl sites for hydroxylation is 1. The molecular weight excluding hydrogens is 475 g/mol. The van der Waals surface area contributed by atoms with Crippen molar-refractivity contribution in [2.24, 2.45) is 5.92 Å². The molecule has 0 atom stereocenters. The number of aromatic hydroxyl groups is 1. The van der Waals surface area contributed by atoms with Gasteiger partial charge in [0.2, 0.25) is 0 Å². The van der Waals surface area contributed by atoms with Crippen LogP contribution in [0.25, 0.3) is 16.7 Å². The number of imidazole rings is 1. The summed E-state index contributed by atoms with van der Waals surface area (Å²) in [5.41, 5.74) is 4.54. The first-order valence-corrected chi connectivity index (χ1v) is 12.2. The Morgan fingerprint density at radius 1 is 1.19 bits per heavy atom. The number of hydrogen-bond acceptors (Lipinski definition) is 6. The lowest BCUT2D eigenvalue weighted by molar-refractivity contribution is 0.0699. The van der Waals surface area contributed by atoms with Gasteiger partial charge in [0.15, 0.2) is 11.6 Å². The van der Waals surface area contributed by atoms with Gasteiger partial charge in [-0.2, -0.15) is 0 Å². The maximum atomic E-state index is 14.4. The maximum Gasteiger partial charge on any atom is 0.251 e. The summed E-state index contributed by atoms with van der Waals surface area (Å²) in [6.45, 7) is 4.15. The van der Waals surface area contributed by atoms with Crippen molar-refractivity contribution in [3.63, 3.8) is 0 Å². The van der Waals surface area contributed by atoms with E-state index in [1.807, 2.05) is 29.7 Å². The lowest BCUT2D eigenvalue weighted by Gasteiger charge is -2.23. The van der Waals surface area contributed by atoms with E-state index in [4.69, 9.17) is 9.47 Å². The molecule has 2 heterocycles. The van der Waals surface area contributed by atoms with Crippen molar-refractivity contribution >= 4 is 22.6 Å². The number of phenolic OH excluding ortho intramolecular Hbond substituents is 1. The number of aromatic nitrogens is 2. The summed E-state index contributed by atoms with van der Waals surface area (Å²) in [6, 6.07) is 13.0. The molecule has 0 saturated carbocycles. The predicted molar refractivity (Wildman–Crippen MR) is 139 cm³/mol. The summed E-state index contributed by atoms with van der Waals surface area (Å²) in [7, 11) is 1.60. The largest absolute Gasteiger partial charge is 0.508 e. The van der Waals surface area contributed by atoms with Crippen LogP contribution in [0.1, 0.15) is 28.8 Å². The fourth-order valence-corrected chi connectivity index (χ4v) is 4.58. The number of phenols is 1. The molecule has 0 unspecified atom stereocenters. The number of amides is 1. The number of ether oxygens (including phenoxy) is 2. The topological polar surface area (TPSA) is 97.6 Å². The Morgan fingerprint density at radius 3 is 2.73 bits per heavy atom. The number of benzene rings is 3. The number of rotatable bonds is 7. The van der Waals surface area contributed by atoms with Crippen molar-refractivity contribution in [1.82, 2.24) is 14.9 Å². The zero-order valence-electron chi connectivity index (χ0n) is 20.8. The van der Waals surface area contributed by atoms with E-state index in [1.165, 1.54) is 12.1 Å². The van der Waals surface area contributed by atoms with Crippen LogP contribution in [0.15, 0.2) is 54.9 Å². The number of nitrogens with one attached hydrogen (secondary N) is 2. The van der Waals surface area contributed by atoms with Gasteiger partial charge in [-0.05, 0) is 61.6 Å².